The van der Waals surface area contributed by atoms with Crippen molar-refractivity contribution in [3.05, 3.63) is 28.7 Å². The molecule has 0 aliphatic heterocycles. The molecule has 1 aromatic rings. The summed E-state index contributed by atoms with van der Waals surface area (Å²) in [4.78, 5) is 4.45. The highest BCUT2D eigenvalue weighted by Gasteiger charge is 1.99. The van der Waals surface area contributed by atoms with E-state index < -0.39 is 0 Å². The van der Waals surface area contributed by atoms with Crippen LogP contribution in [0.2, 0.25) is 0 Å². The third-order valence-electron chi connectivity index (χ3n) is 2.21. The van der Waals surface area contributed by atoms with E-state index >= 15 is 0 Å². The highest BCUT2D eigenvalue weighted by Crippen LogP contribution is 2.15. The maximum atomic E-state index is 5.61. The van der Waals surface area contributed by atoms with E-state index in [9.17, 15) is 0 Å². The summed E-state index contributed by atoms with van der Waals surface area (Å²) in [5, 5.41) is 6.46. The zero-order valence-electron chi connectivity index (χ0n) is 12.1. The summed E-state index contributed by atoms with van der Waals surface area (Å²) in [5.74, 6) is 1.69. The molecule has 4 nitrogen and oxygen atoms in total. The molecule has 0 aromatic heterocycles. The summed E-state index contributed by atoms with van der Waals surface area (Å²) < 4.78 is 6.66. The van der Waals surface area contributed by atoms with Crippen molar-refractivity contribution in [2.75, 3.05) is 19.7 Å². The summed E-state index contributed by atoms with van der Waals surface area (Å²) in [6.07, 6.45) is 0. The van der Waals surface area contributed by atoms with E-state index in [0.717, 1.165) is 22.7 Å². The van der Waals surface area contributed by atoms with E-state index in [2.05, 4.69) is 52.3 Å². The number of nitrogens with zero attached hydrogens (tertiary/aromatic N) is 1. The van der Waals surface area contributed by atoms with Crippen molar-refractivity contribution in [3.8, 4) is 5.75 Å². The summed E-state index contributed by atoms with van der Waals surface area (Å²) in [6.45, 7) is 8.27. The summed E-state index contributed by atoms with van der Waals surface area (Å²) in [6, 6.07) is 8.16. The van der Waals surface area contributed by atoms with Crippen LogP contribution in [0.3, 0.4) is 0 Å². The number of ether oxygens (including phenoxy) is 1. The van der Waals surface area contributed by atoms with Gasteiger partial charge in [0.25, 0.3) is 0 Å². The summed E-state index contributed by atoms with van der Waals surface area (Å²) >= 11 is 3.39. The first-order valence-electron chi connectivity index (χ1n) is 6.55. The minimum absolute atomic E-state index is 0. The molecule has 0 aliphatic carbocycles. The SMILES string of the molecule is CCNC(=NCCOc1ccc(Br)cc1)NC(C)C.I. The number of guanidine groups is 1. The van der Waals surface area contributed by atoms with Gasteiger partial charge in [0.2, 0.25) is 0 Å². The van der Waals surface area contributed by atoms with E-state index in [4.69, 9.17) is 4.74 Å². The van der Waals surface area contributed by atoms with Crippen molar-refractivity contribution < 1.29 is 4.74 Å². The molecule has 1 rings (SSSR count). The Kier molecular flexibility index (Phi) is 10.9. The summed E-state index contributed by atoms with van der Waals surface area (Å²) in [5.41, 5.74) is 0. The maximum Gasteiger partial charge on any atom is 0.191 e. The van der Waals surface area contributed by atoms with Crippen LogP contribution < -0.4 is 15.4 Å². The lowest BCUT2D eigenvalue weighted by Gasteiger charge is -2.14. The van der Waals surface area contributed by atoms with Gasteiger partial charge in [0.15, 0.2) is 5.96 Å². The predicted molar refractivity (Wildman–Crippen MR) is 99.3 cm³/mol. The van der Waals surface area contributed by atoms with Crippen LogP contribution in [-0.4, -0.2) is 31.7 Å². The molecule has 0 saturated heterocycles. The normalized spacial score (nSPS) is 10.9. The van der Waals surface area contributed by atoms with Gasteiger partial charge >= 0.3 is 0 Å². The minimum atomic E-state index is 0. The maximum absolute atomic E-state index is 5.61. The molecular formula is C14H23BrIN3O. The van der Waals surface area contributed by atoms with Crippen molar-refractivity contribution >= 4 is 45.9 Å². The number of aliphatic imine (C=N–C) groups is 1. The fraction of sp³-hybridized carbons (Fsp3) is 0.500. The number of benzene rings is 1. The Labute approximate surface area is 146 Å². The smallest absolute Gasteiger partial charge is 0.191 e. The first-order valence-corrected chi connectivity index (χ1v) is 7.34. The highest BCUT2D eigenvalue weighted by molar-refractivity contribution is 14.0. The Bertz CT molecular complexity index is 396. The van der Waals surface area contributed by atoms with E-state index in [1.165, 1.54) is 0 Å². The lowest BCUT2D eigenvalue weighted by molar-refractivity contribution is 0.328. The Hall–Kier alpha value is -0.500. The Morgan fingerprint density at radius 3 is 2.50 bits per heavy atom. The Morgan fingerprint density at radius 1 is 1.30 bits per heavy atom. The molecule has 0 amide bonds. The van der Waals surface area contributed by atoms with Gasteiger partial charge in [-0.05, 0) is 45.0 Å². The van der Waals surface area contributed by atoms with Gasteiger partial charge in [-0.25, -0.2) is 4.99 Å². The van der Waals surface area contributed by atoms with Gasteiger partial charge < -0.3 is 15.4 Å². The second-order valence-electron chi connectivity index (χ2n) is 4.36. The molecule has 0 heterocycles. The van der Waals surface area contributed by atoms with Gasteiger partial charge in [-0.1, -0.05) is 15.9 Å². The molecule has 1 aromatic carbocycles. The molecular weight excluding hydrogens is 433 g/mol. The fourth-order valence-electron chi connectivity index (χ4n) is 1.45. The molecule has 0 unspecified atom stereocenters. The zero-order chi connectivity index (χ0) is 14.1. The lowest BCUT2D eigenvalue weighted by atomic mass is 10.3. The van der Waals surface area contributed by atoms with E-state index in [-0.39, 0.29) is 24.0 Å². The third kappa shape index (κ3) is 8.63. The third-order valence-corrected chi connectivity index (χ3v) is 2.74. The van der Waals surface area contributed by atoms with Crippen LogP contribution >= 0.6 is 39.9 Å². The Morgan fingerprint density at radius 2 is 1.95 bits per heavy atom. The second kappa shape index (κ2) is 11.2. The van der Waals surface area contributed by atoms with Crippen LogP contribution in [0.25, 0.3) is 0 Å². The molecule has 0 aliphatic rings. The predicted octanol–water partition coefficient (Wildman–Crippen LogP) is 3.41. The number of hydrogen-bond donors (Lipinski definition) is 2. The largest absolute Gasteiger partial charge is 0.492 e. The molecule has 0 spiro atoms. The van der Waals surface area contributed by atoms with Gasteiger partial charge in [0.1, 0.15) is 12.4 Å². The minimum Gasteiger partial charge on any atom is -0.492 e. The number of nitrogens with one attached hydrogen (secondary N) is 2. The lowest BCUT2D eigenvalue weighted by Crippen LogP contribution is -2.41. The van der Waals surface area contributed by atoms with Gasteiger partial charge in [0, 0.05) is 17.1 Å². The van der Waals surface area contributed by atoms with Crippen LogP contribution in [0.1, 0.15) is 20.8 Å². The average molecular weight is 456 g/mol. The van der Waals surface area contributed by atoms with Gasteiger partial charge in [0.05, 0.1) is 6.54 Å². The number of hydrogen-bond acceptors (Lipinski definition) is 2. The molecule has 0 saturated carbocycles. The van der Waals surface area contributed by atoms with E-state index in [1.54, 1.807) is 0 Å². The molecule has 0 bridgehead atoms. The molecule has 2 N–H and O–H groups in total. The first-order chi connectivity index (χ1) is 9.11. The van der Waals surface area contributed by atoms with E-state index in [0.29, 0.717) is 19.2 Å². The number of halogens is 2. The molecule has 6 heteroatoms. The molecule has 20 heavy (non-hydrogen) atoms. The van der Waals surface area contributed by atoms with Crippen LogP contribution in [0.4, 0.5) is 0 Å². The second-order valence-corrected chi connectivity index (χ2v) is 5.28. The Balaban J connectivity index is 0.00000361. The summed E-state index contributed by atoms with van der Waals surface area (Å²) in [7, 11) is 0. The number of rotatable bonds is 6. The molecule has 0 fully saturated rings. The standard InChI is InChI=1S/C14H22BrN3O.HI/c1-4-16-14(18-11(2)3)17-9-10-19-13-7-5-12(15)6-8-13;/h5-8,11H,4,9-10H2,1-3H3,(H2,16,17,18);1H. The van der Waals surface area contributed by atoms with Crippen molar-refractivity contribution in [3.63, 3.8) is 0 Å². The van der Waals surface area contributed by atoms with Gasteiger partial charge in [-0.2, -0.15) is 0 Å². The van der Waals surface area contributed by atoms with Crippen LogP contribution in [0.5, 0.6) is 5.75 Å². The molecule has 114 valence electrons. The first kappa shape index (κ1) is 19.5. The van der Waals surface area contributed by atoms with Crippen molar-refractivity contribution in [1.29, 1.82) is 0 Å². The van der Waals surface area contributed by atoms with Crippen molar-refractivity contribution in [1.82, 2.24) is 10.6 Å². The van der Waals surface area contributed by atoms with E-state index in [1.807, 2.05) is 24.3 Å². The highest BCUT2D eigenvalue weighted by atomic mass is 127. The average Bonchev–Trinajstić information content (AvgIpc) is 2.36. The van der Waals surface area contributed by atoms with Crippen LogP contribution in [0, 0.1) is 0 Å². The van der Waals surface area contributed by atoms with Crippen LogP contribution in [0.15, 0.2) is 33.7 Å². The topological polar surface area (TPSA) is 45.7 Å². The van der Waals surface area contributed by atoms with Gasteiger partial charge in [-0.3, -0.25) is 0 Å². The monoisotopic (exact) mass is 455 g/mol. The zero-order valence-corrected chi connectivity index (χ0v) is 16.1. The fourth-order valence-corrected chi connectivity index (χ4v) is 1.71. The quantitative estimate of drug-likeness (QED) is 0.299. The molecule has 0 atom stereocenters. The van der Waals surface area contributed by atoms with Crippen molar-refractivity contribution in [2.45, 2.75) is 26.8 Å². The van der Waals surface area contributed by atoms with Crippen molar-refractivity contribution in [2.24, 2.45) is 4.99 Å². The molecule has 0 radical (unpaired) electrons. The van der Waals surface area contributed by atoms with Gasteiger partial charge in [-0.15, -0.1) is 24.0 Å². The van der Waals surface area contributed by atoms with Crippen LogP contribution in [-0.2, 0) is 0 Å².